The third-order valence-corrected chi connectivity index (χ3v) is 5.16. The molecule has 5 aromatic rings. The van der Waals surface area contributed by atoms with Crippen LogP contribution in [0.1, 0.15) is 5.82 Å². The molecule has 0 aliphatic heterocycles. The van der Waals surface area contributed by atoms with Crippen molar-refractivity contribution < 1.29 is 9.13 Å². The summed E-state index contributed by atoms with van der Waals surface area (Å²) in [5, 5.41) is 1.00. The van der Waals surface area contributed by atoms with E-state index >= 15 is 0 Å². The molecule has 0 aliphatic carbocycles. The van der Waals surface area contributed by atoms with Crippen LogP contribution in [0.3, 0.4) is 0 Å². The van der Waals surface area contributed by atoms with Crippen molar-refractivity contribution in [3.05, 3.63) is 84.6 Å². The van der Waals surface area contributed by atoms with Gasteiger partial charge < -0.3 is 4.74 Å². The molecular weight excluding hydrogens is 365 g/mol. The zero-order valence-corrected chi connectivity index (χ0v) is 16.1. The number of nitrogens with zero attached hydrogens (tertiary/aromatic N) is 3. The van der Waals surface area contributed by atoms with E-state index in [1.54, 1.807) is 19.2 Å². The van der Waals surface area contributed by atoms with Crippen LogP contribution in [0.4, 0.5) is 4.39 Å². The molecule has 2 aromatic heterocycles. The number of benzene rings is 3. The number of fused-ring (bicyclic) bond motifs is 3. The average Bonchev–Trinajstić information content (AvgIpc) is 3.10. The van der Waals surface area contributed by atoms with Crippen molar-refractivity contribution in [3.63, 3.8) is 0 Å². The lowest BCUT2D eigenvalue weighted by atomic mass is 10.0. The van der Waals surface area contributed by atoms with Gasteiger partial charge in [-0.1, -0.05) is 18.2 Å². The summed E-state index contributed by atoms with van der Waals surface area (Å²) in [6, 6.07) is 20.5. The first-order valence-electron chi connectivity index (χ1n) is 9.32. The fourth-order valence-electron chi connectivity index (χ4n) is 3.74. The van der Waals surface area contributed by atoms with Gasteiger partial charge in [0, 0.05) is 11.1 Å². The molecule has 0 radical (unpaired) electrons. The first-order chi connectivity index (χ1) is 14.1. The normalized spacial score (nSPS) is 11.3. The monoisotopic (exact) mass is 383 g/mol. The van der Waals surface area contributed by atoms with Crippen molar-refractivity contribution >= 4 is 21.9 Å². The Morgan fingerprint density at radius 2 is 1.59 bits per heavy atom. The molecule has 29 heavy (non-hydrogen) atoms. The first-order valence-corrected chi connectivity index (χ1v) is 9.32. The van der Waals surface area contributed by atoms with E-state index in [4.69, 9.17) is 9.72 Å². The number of halogens is 1. The minimum atomic E-state index is -0.244. The van der Waals surface area contributed by atoms with Gasteiger partial charge in [0.05, 0.1) is 24.3 Å². The fraction of sp³-hybridized carbons (Fsp3) is 0.0833. The van der Waals surface area contributed by atoms with Gasteiger partial charge in [-0.25, -0.2) is 9.37 Å². The minimum Gasteiger partial charge on any atom is -0.497 e. The van der Waals surface area contributed by atoms with E-state index < -0.39 is 0 Å². The molecule has 0 saturated heterocycles. The van der Waals surface area contributed by atoms with Crippen molar-refractivity contribution in [1.29, 1.82) is 0 Å². The van der Waals surface area contributed by atoms with E-state index in [1.165, 1.54) is 12.1 Å². The molecule has 0 saturated carbocycles. The molecule has 0 spiro atoms. The molecule has 0 N–H and O–H groups in total. The largest absolute Gasteiger partial charge is 0.497 e. The number of aromatic nitrogens is 3. The van der Waals surface area contributed by atoms with E-state index in [-0.39, 0.29) is 5.82 Å². The number of methoxy groups -OCH3 is 1. The highest BCUT2D eigenvalue weighted by atomic mass is 19.1. The molecule has 4 nitrogen and oxygen atoms in total. The van der Waals surface area contributed by atoms with Gasteiger partial charge in [-0.3, -0.25) is 9.55 Å². The highest BCUT2D eigenvalue weighted by Gasteiger charge is 2.14. The van der Waals surface area contributed by atoms with Gasteiger partial charge in [-0.2, -0.15) is 0 Å². The molecule has 142 valence electrons. The topological polar surface area (TPSA) is 39.9 Å². The van der Waals surface area contributed by atoms with Crippen LogP contribution in [0.25, 0.3) is 38.8 Å². The van der Waals surface area contributed by atoms with Gasteiger partial charge in [0.25, 0.3) is 0 Å². The Labute approximate surface area is 167 Å². The number of pyridine rings is 1. The minimum absolute atomic E-state index is 0.244. The molecule has 0 fully saturated rings. The van der Waals surface area contributed by atoms with Gasteiger partial charge >= 0.3 is 0 Å². The van der Waals surface area contributed by atoms with Crippen molar-refractivity contribution in [1.82, 2.24) is 14.5 Å². The maximum absolute atomic E-state index is 13.3. The molecule has 0 aliphatic rings. The van der Waals surface area contributed by atoms with Gasteiger partial charge in [0.2, 0.25) is 0 Å². The zero-order valence-electron chi connectivity index (χ0n) is 16.1. The number of rotatable bonds is 3. The lowest BCUT2D eigenvalue weighted by molar-refractivity contribution is 0.415. The molecule has 3 aromatic carbocycles. The van der Waals surface area contributed by atoms with E-state index in [0.717, 1.165) is 50.3 Å². The molecule has 0 bridgehead atoms. The van der Waals surface area contributed by atoms with Crippen LogP contribution in [0.15, 0.2) is 72.9 Å². The third-order valence-electron chi connectivity index (χ3n) is 5.16. The Bertz CT molecular complexity index is 1340. The molecular formula is C24H18FN3O. The fourth-order valence-corrected chi connectivity index (χ4v) is 3.74. The predicted octanol–water partition coefficient (Wildman–Crippen LogP) is 5.70. The zero-order chi connectivity index (χ0) is 20.0. The maximum atomic E-state index is 13.3. The summed E-state index contributed by atoms with van der Waals surface area (Å²) >= 11 is 0. The Morgan fingerprint density at radius 3 is 2.31 bits per heavy atom. The van der Waals surface area contributed by atoms with Crippen LogP contribution in [0.2, 0.25) is 0 Å². The number of ether oxygens (including phenoxy) is 1. The maximum Gasteiger partial charge on any atom is 0.123 e. The Hall–Kier alpha value is -3.73. The van der Waals surface area contributed by atoms with Crippen molar-refractivity contribution in [2.75, 3.05) is 7.11 Å². The Morgan fingerprint density at radius 1 is 0.862 bits per heavy atom. The number of imidazole rings is 1. The van der Waals surface area contributed by atoms with Crippen LogP contribution in [-0.4, -0.2) is 21.6 Å². The molecule has 5 heteroatoms. The summed E-state index contributed by atoms with van der Waals surface area (Å²) in [5.41, 5.74) is 5.69. The molecule has 0 amide bonds. The third kappa shape index (κ3) is 2.91. The van der Waals surface area contributed by atoms with Crippen LogP contribution in [0.5, 0.6) is 5.75 Å². The van der Waals surface area contributed by atoms with Crippen LogP contribution in [0, 0.1) is 12.7 Å². The second kappa shape index (κ2) is 6.71. The van der Waals surface area contributed by atoms with Gasteiger partial charge in [-0.15, -0.1) is 0 Å². The summed E-state index contributed by atoms with van der Waals surface area (Å²) in [7, 11) is 1.66. The predicted molar refractivity (Wildman–Crippen MR) is 113 cm³/mol. The number of aryl methyl sites for hydroxylation is 1. The van der Waals surface area contributed by atoms with Gasteiger partial charge in [0.15, 0.2) is 0 Å². The standard InChI is InChI=1S/C24H18FN3O/c1-15-27-23-14-26-22-12-5-17(16-3-6-18(25)7-4-16)13-21(22)24(23)28(15)19-8-10-20(29-2)11-9-19/h3-14H,1-2H3. The highest BCUT2D eigenvalue weighted by Crippen LogP contribution is 2.31. The van der Waals surface area contributed by atoms with Gasteiger partial charge in [-0.05, 0) is 66.6 Å². The van der Waals surface area contributed by atoms with E-state index in [0.29, 0.717) is 0 Å². The highest BCUT2D eigenvalue weighted by molar-refractivity contribution is 6.04. The van der Waals surface area contributed by atoms with E-state index in [1.807, 2.05) is 49.5 Å². The number of hydrogen-bond acceptors (Lipinski definition) is 3. The lowest BCUT2D eigenvalue weighted by Crippen LogP contribution is -1.98. The SMILES string of the molecule is COc1ccc(-n2c(C)nc3cnc4ccc(-c5ccc(F)cc5)cc4c32)cc1. The Kier molecular flexibility index (Phi) is 4.02. The molecule has 5 rings (SSSR count). The Balaban J connectivity index is 1.78. The summed E-state index contributed by atoms with van der Waals surface area (Å²) in [6.45, 7) is 1.99. The van der Waals surface area contributed by atoms with Crippen LogP contribution < -0.4 is 4.74 Å². The summed E-state index contributed by atoms with van der Waals surface area (Å²) in [4.78, 5) is 9.29. The number of hydrogen-bond donors (Lipinski definition) is 0. The second-order valence-corrected chi connectivity index (χ2v) is 6.92. The molecule has 0 atom stereocenters. The van der Waals surface area contributed by atoms with Crippen LogP contribution in [-0.2, 0) is 0 Å². The summed E-state index contributed by atoms with van der Waals surface area (Å²) < 4.78 is 20.7. The van der Waals surface area contributed by atoms with E-state index in [9.17, 15) is 4.39 Å². The summed E-state index contributed by atoms with van der Waals surface area (Å²) in [6.07, 6.45) is 1.81. The molecule has 2 heterocycles. The molecule has 0 unspecified atom stereocenters. The van der Waals surface area contributed by atoms with Crippen LogP contribution >= 0.6 is 0 Å². The average molecular weight is 383 g/mol. The van der Waals surface area contributed by atoms with E-state index in [2.05, 4.69) is 15.6 Å². The van der Waals surface area contributed by atoms with Crippen molar-refractivity contribution in [3.8, 4) is 22.6 Å². The first kappa shape index (κ1) is 17.4. The van der Waals surface area contributed by atoms with Gasteiger partial charge in [0.1, 0.15) is 22.9 Å². The summed E-state index contributed by atoms with van der Waals surface area (Å²) in [5.74, 6) is 1.44. The quantitative estimate of drug-likeness (QED) is 0.401. The van der Waals surface area contributed by atoms with Crippen molar-refractivity contribution in [2.24, 2.45) is 0 Å². The lowest BCUT2D eigenvalue weighted by Gasteiger charge is -2.10. The van der Waals surface area contributed by atoms with Crippen molar-refractivity contribution in [2.45, 2.75) is 6.92 Å². The second-order valence-electron chi connectivity index (χ2n) is 6.92. The smallest absolute Gasteiger partial charge is 0.123 e.